The summed E-state index contributed by atoms with van der Waals surface area (Å²) in [6.45, 7) is 2.49. The molecule has 3 aromatic rings. The molecule has 0 spiro atoms. The maximum atomic E-state index is 12.3. The molecule has 0 aliphatic carbocycles. The summed E-state index contributed by atoms with van der Waals surface area (Å²) in [6, 6.07) is 19.9. The zero-order chi connectivity index (χ0) is 18.5. The van der Waals surface area contributed by atoms with Gasteiger partial charge in [-0.15, -0.1) is 0 Å². The number of rotatable bonds is 5. The van der Waals surface area contributed by atoms with E-state index < -0.39 is 0 Å². The third-order valence-corrected chi connectivity index (χ3v) is 4.35. The van der Waals surface area contributed by atoms with Crippen molar-refractivity contribution in [2.45, 2.75) is 13.5 Å². The van der Waals surface area contributed by atoms with Crippen molar-refractivity contribution < 1.29 is 9.59 Å². The quantitative estimate of drug-likeness (QED) is 0.742. The Labute approximate surface area is 152 Å². The molecule has 0 fully saturated rings. The minimum Gasteiger partial charge on any atom is -0.350 e. The number of hydrogen-bond acceptors (Lipinski definition) is 2. The van der Waals surface area contributed by atoms with Crippen LogP contribution in [-0.4, -0.2) is 16.4 Å². The van der Waals surface area contributed by atoms with Gasteiger partial charge in [-0.1, -0.05) is 18.2 Å². The van der Waals surface area contributed by atoms with E-state index in [2.05, 4.69) is 10.6 Å². The summed E-state index contributed by atoms with van der Waals surface area (Å²) in [5.41, 5.74) is 3.98. The maximum absolute atomic E-state index is 12.3. The molecule has 0 bridgehead atoms. The lowest BCUT2D eigenvalue weighted by Gasteiger charge is -2.09. The van der Waals surface area contributed by atoms with Crippen molar-refractivity contribution in [2.75, 3.05) is 5.32 Å². The molecule has 132 valence electrons. The number of hydrogen-bond donors (Lipinski definition) is 2. The highest BCUT2D eigenvalue weighted by Crippen LogP contribution is 2.12. The van der Waals surface area contributed by atoms with E-state index in [9.17, 15) is 9.59 Å². The van der Waals surface area contributed by atoms with Crippen molar-refractivity contribution in [3.8, 4) is 0 Å². The maximum Gasteiger partial charge on any atom is 0.255 e. The number of nitrogens with zero attached hydrogens (tertiary/aromatic N) is 1. The Morgan fingerprint density at radius 3 is 2.12 bits per heavy atom. The lowest BCUT2D eigenvalue weighted by atomic mass is 10.1. The number of carbonyl (C=O) groups excluding carboxylic acids is 2. The molecule has 0 unspecified atom stereocenters. The van der Waals surface area contributed by atoms with Crippen molar-refractivity contribution in [3.63, 3.8) is 0 Å². The van der Waals surface area contributed by atoms with E-state index in [1.807, 2.05) is 48.9 Å². The smallest absolute Gasteiger partial charge is 0.255 e. The van der Waals surface area contributed by atoms with Crippen LogP contribution in [0, 0.1) is 6.92 Å². The monoisotopic (exact) mass is 347 g/mol. The van der Waals surface area contributed by atoms with Crippen LogP contribution >= 0.6 is 0 Å². The van der Waals surface area contributed by atoms with Crippen molar-refractivity contribution in [1.82, 2.24) is 9.88 Å². The predicted molar refractivity (Wildman–Crippen MR) is 102 cm³/mol. The summed E-state index contributed by atoms with van der Waals surface area (Å²) >= 11 is 0. The average Bonchev–Trinajstić information content (AvgIpc) is 2.99. The Kier molecular flexibility index (Phi) is 5.17. The van der Waals surface area contributed by atoms with E-state index in [1.165, 1.54) is 0 Å². The first-order valence-corrected chi connectivity index (χ1v) is 8.40. The molecule has 0 atom stereocenters. The Bertz CT molecular complexity index is 912. The van der Waals surface area contributed by atoms with Gasteiger partial charge in [-0.05, 0) is 55.5 Å². The van der Waals surface area contributed by atoms with Gasteiger partial charge in [-0.25, -0.2) is 0 Å². The van der Waals surface area contributed by atoms with Crippen molar-refractivity contribution >= 4 is 17.5 Å². The van der Waals surface area contributed by atoms with Gasteiger partial charge in [0, 0.05) is 35.2 Å². The summed E-state index contributed by atoms with van der Waals surface area (Å²) in [4.78, 5) is 24.4. The van der Waals surface area contributed by atoms with Gasteiger partial charge in [0.25, 0.3) is 11.8 Å². The predicted octanol–water partition coefficient (Wildman–Crippen LogP) is 3.52. The number of benzene rings is 2. The molecule has 26 heavy (non-hydrogen) atoms. The summed E-state index contributed by atoms with van der Waals surface area (Å²) in [7, 11) is 1.97. The summed E-state index contributed by atoms with van der Waals surface area (Å²) < 4.78 is 2.04. The minimum absolute atomic E-state index is 0.148. The van der Waals surface area contributed by atoms with E-state index in [1.54, 1.807) is 36.4 Å². The Morgan fingerprint density at radius 1 is 0.846 bits per heavy atom. The van der Waals surface area contributed by atoms with Crippen LogP contribution in [0.2, 0.25) is 0 Å². The molecule has 2 amide bonds. The first kappa shape index (κ1) is 17.5. The lowest BCUT2D eigenvalue weighted by Crippen LogP contribution is -2.24. The van der Waals surface area contributed by atoms with E-state index in [-0.39, 0.29) is 11.8 Å². The van der Waals surface area contributed by atoms with Crippen LogP contribution in [0.1, 0.15) is 32.1 Å². The van der Waals surface area contributed by atoms with E-state index >= 15 is 0 Å². The summed E-state index contributed by atoms with van der Waals surface area (Å²) in [5.74, 6) is -0.327. The number of amides is 2. The highest BCUT2D eigenvalue weighted by atomic mass is 16.2. The SMILES string of the molecule is Cc1ccc(CNC(=O)c2ccc(NC(=O)c3ccccc3)cc2)n1C. The van der Waals surface area contributed by atoms with Gasteiger partial charge in [-0.3, -0.25) is 9.59 Å². The van der Waals surface area contributed by atoms with Crippen molar-refractivity contribution in [1.29, 1.82) is 0 Å². The molecule has 0 saturated carbocycles. The second kappa shape index (κ2) is 7.70. The number of nitrogens with one attached hydrogen (secondary N) is 2. The molecule has 5 nitrogen and oxygen atoms in total. The Balaban J connectivity index is 1.59. The van der Waals surface area contributed by atoms with E-state index in [0.29, 0.717) is 23.4 Å². The molecule has 1 aromatic heterocycles. The van der Waals surface area contributed by atoms with Crippen LogP contribution in [0.5, 0.6) is 0 Å². The minimum atomic E-state index is -0.179. The number of aryl methyl sites for hydroxylation is 1. The number of carbonyl (C=O) groups is 2. The second-order valence-corrected chi connectivity index (χ2v) is 6.11. The summed E-state index contributed by atoms with van der Waals surface area (Å²) in [6.07, 6.45) is 0. The molecule has 0 radical (unpaired) electrons. The number of aromatic nitrogens is 1. The van der Waals surface area contributed by atoms with Gasteiger partial charge < -0.3 is 15.2 Å². The van der Waals surface area contributed by atoms with Crippen LogP contribution in [-0.2, 0) is 13.6 Å². The van der Waals surface area contributed by atoms with Gasteiger partial charge in [0.1, 0.15) is 0 Å². The molecule has 3 rings (SSSR count). The van der Waals surface area contributed by atoms with Gasteiger partial charge in [-0.2, -0.15) is 0 Å². The zero-order valence-electron chi connectivity index (χ0n) is 14.8. The fraction of sp³-hybridized carbons (Fsp3) is 0.143. The van der Waals surface area contributed by atoms with Crippen molar-refractivity contribution in [3.05, 3.63) is 89.2 Å². The third kappa shape index (κ3) is 4.00. The molecule has 0 aliphatic heterocycles. The van der Waals surface area contributed by atoms with Gasteiger partial charge in [0.2, 0.25) is 0 Å². The first-order chi connectivity index (χ1) is 12.5. The molecule has 1 heterocycles. The number of anilines is 1. The fourth-order valence-corrected chi connectivity index (χ4v) is 2.62. The fourth-order valence-electron chi connectivity index (χ4n) is 2.62. The van der Waals surface area contributed by atoms with Gasteiger partial charge >= 0.3 is 0 Å². The molecule has 2 N–H and O–H groups in total. The lowest BCUT2D eigenvalue weighted by molar-refractivity contribution is 0.0949. The molecule has 5 heteroatoms. The first-order valence-electron chi connectivity index (χ1n) is 8.40. The second-order valence-electron chi connectivity index (χ2n) is 6.11. The Hall–Kier alpha value is -3.34. The normalized spacial score (nSPS) is 10.4. The van der Waals surface area contributed by atoms with Crippen LogP contribution in [0.25, 0.3) is 0 Å². The average molecular weight is 347 g/mol. The molecular formula is C21H21N3O2. The largest absolute Gasteiger partial charge is 0.350 e. The zero-order valence-corrected chi connectivity index (χ0v) is 14.8. The molecular weight excluding hydrogens is 326 g/mol. The van der Waals surface area contributed by atoms with E-state index in [4.69, 9.17) is 0 Å². The summed E-state index contributed by atoms with van der Waals surface area (Å²) in [5, 5.41) is 5.73. The highest BCUT2D eigenvalue weighted by molar-refractivity contribution is 6.04. The third-order valence-electron chi connectivity index (χ3n) is 4.35. The topological polar surface area (TPSA) is 63.1 Å². The van der Waals surface area contributed by atoms with Crippen molar-refractivity contribution in [2.24, 2.45) is 7.05 Å². The highest BCUT2D eigenvalue weighted by Gasteiger charge is 2.09. The van der Waals surface area contributed by atoms with Crippen LogP contribution in [0.3, 0.4) is 0 Å². The Morgan fingerprint density at radius 2 is 1.50 bits per heavy atom. The standard InChI is InChI=1S/C21H21N3O2/c1-15-8-13-19(24(15)2)14-22-20(25)17-9-11-18(12-10-17)23-21(26)16-6-4-3-5-7-16/h3-13H,14H2,1-2H3,(H,22,25)(H,23,26). The van der Waals surface area contributed by atoms with Crippen LogP contribution in [0.15, 0.2) is 66.7 Å². The van der Waals surface area contributed by atoms with Gasteiger partial charge in [0.05, 0.1) is 6.54 Å². The molecule has 2 aromatic carbocycles. The molecule has 0 aliphatic rings. The van der Waals surface area contributed by atoms with E-state index in [0.717, 1.165) is 11.4 Å². The van der Waals surface area contributed by atoms with Gasteiger partial charge in [0.15, 0.2) is 0 Å². The van der Waals surface area contributed by atoms with Crippen LogP contribution in [0.4, 0.5) is 5.69 Å². The molecule has 0 saturated heterocycles. The van der Waals surface area contributed by atoms with Crippen LogP contribution < -0.4 is 10.6 Å².